The summed E-state index contributed by atoms with van der Waals surface area (Å²) in [5.74, 6) is 2.55. The van der Waals surface area contributed by atoms with E-state index in [1.54, 1.807) is 0 Å². The predicted octanol–water partition coefficient (Wildman–Crippen LogP) is 4.53. The molecular formula is C14H23ClO. The molecule has 0 spiro atoms. The lowest BCUT2D eigenvalue weighted by Crippen LogP contribution is -2.24. The van der Waals surface area contributed by atoms with Crippen LogP contribution in [0.15, 0.2) is 0 Å². The summed E-state index contributed by atoms with van der Waals surface area (Å²) >= 11 is 5.46. The summed E-state index contributed by atoms with van der Waals surface area (Å²) in [5.41, 5.74) is 0. The van der Waals surface area contributed by atoms with E-state index in [0.29, 0.717) is 12.3 Å². The number of carbonyl (C=O) groups is 1. The zero-order chi connectivity index (χ0) is 11.4. The summed E-state index contributed by atoms with van der Waals surface area (Å²) in [6.07, 6.45) is 13.0. The Labute approximate surface area is 104 Å². The van der Waals surface area contributed by atoms with Crippen LogP contribution in [-0.2, 0) is 4.79 Å². The van der Waals surface area contributed by atoms with Crippen LogP contribution in [0.2, 0.25) is 0 Å². The topological polar surface area (TPSA) is 17.1 Å². The minimum absolute atomic E-state index is 0.138. The van der Waals surface area contributed by atoms with Gasteiger partial charge in [-0.15, -0.1) is 0 Å². The molecule has 0 amide bonds. The smallest absolute Gasteiger partial charge is 0.221 e. The Morgan fingerprint density at radius 3 is 2.00 bits per heavy atom. The number of rotatable bonds is 3. The lowest BCUT2D eigenvalue weighted by atomic mass is 9.70. The van der Waals surface area contributed by atoms with Crippen molar-refractivity contribution in [2.45, 2.75) is 64.2 Å². The van der Waals surface area contributed by atoms with Crippen molar-refractivity contribution in [2.24, 2.45) is 17.8 Å². The summed E-state index contributed by atoms with van der Waals surface area (Å²) in [4.78, 5) is 10.9. The van der Waals surface area contributed by atoms with E-state index in [1.165, 1.54) is 57.8 Å². The van der Waals surface area contributed by atoms with E-state index in [0.717, 1.165) is 11.8 Å². The van der Waals surface area contributed by atoms with Crippen LogP contribution in [0, 0.1) is 17.8 Å². The molecule has 1 nitrogen and oxygen atoms in total. The largest absolute Gasteiger partial charge is 0.281 e. The van der Waals surface area contributed by atoms with Gasteiger partial charge in [-0.1, -0.05) is 32.1 Å². The van der Waals surface area contributed by atoms with Crippen molar-refractivity contribution in [3.05, 3.63) is 0 Å². The lowest BCUT2D eigenvalue weighted by molar-refractivity contribution is -0.112. The van der Waals surface area contributed by atoms with Crippen LogP contribution in [0.5, 0.6) is 0 Å². The first-order chi connectivity index (χ1) is 7.75. The Morgan fingerprint density at radius 1 is 0.875 bits per heavy atom. The Hall–Kier alpha value is -0.0400. The molecule has 2 aliphatic rings. The molecule has 2 fully saturated rings. The highest BCUT2D eigenvalue weighted by atomic mass is 35.5. The molecule has 0 atom stereocenters. The Kier molecular flexibility index (Phi) is 4.69. The zero-order valence-corrected chi connectivity index (χ0v) is 10.8. The second-order valence-electron chi connectivity index (χ2n) is 5.74. The Balaban J connectivity index is 1.73. The van der Waals surface area contributed by atoms with Crippen LogP contribution in [0.1, 0.15) is 64.2 Å². The van der Waals surface area contributed by atoms with Crippen LogP contribution in [0.25, 0.3) is 0 Å². The molecule has 92 valence electrons. The summed E-state index contributed by atoms with van der Waals surface area (Å²) in [6, 6.07) is 0. The van der Waals surface area contributed by atoms with Crippen molar-refractivity contribution >= 4 is 16.8 Å². The van der Waals surface area contributed by atoms with E-state index in [4.69, 9.17) is 11.6 Å². The monoisotopic (exact) mass is 242 g/mol. The van der Waals surface area contributed by atoms with Gasteiger partial charge in [-0.3, -0.25) is 4.79 Å². The predicted molar refractivity (Wildman–Crippen MR) is 67.5 cm³/mol. The van der Waals surface area contributed by atoms with Crippen molar-refractivity contribution in [3.63, 3.8) is 0 Å². The molecule has 0 unspecified atom stereocenters. The van der Waals surface area contributed by atoms with Crippen molar-refractivity contribution < 1.29 is 4.79 Å². The quantitative estimate of drug-likeness (QED) is 0.665. The van der Waals surface area contributed by atoms with Gasteiger partial charge < -0.3 is 0 Å². The van der Waals surface area contributed by atoms with Gasteiger partial charge in [-0.05, 0) is 55.0 Å². The summed E-state index contributed by atoms with van der Waals surface area (Å²) in [5, 5.41) is -0.138. The molecule has 0 aliphatic heterocycles. The molecule has 2 saturated carbocycles. The third-order valence-corrected chi connectivity index (χ3v) is 4.81. The third kappa shape index (κ3) is 3.48. The molecule has 0 bridgehead atoms. The van der Waals surface area contributed by atoms with Crippen molar-refractivity contribution in [1.29, 1.82) is 0 Å². The van der Waals surface area contributed by atoms with Gasteiger partial charge in [-0.25, -0.2) is 0 Å². The number of carbonyl (C=O) groups excluding carboxylic acids is 1. The average Bonchev–Trinajstić information content (AvgIpc) is 2.30. The van der Waals surface area contributed by atoms with Gasteiger partial charge in [0.25, 0.3) is 0 Å². The van der Waals surface area contributed by atoms with E-state index in [1.807, 2.05) is 0 Å². The highest BCUT2D eigenvalue weighted by molar-refractivity contribution is 6.63. The zero-order valence-electron chi connectivity index (χ0n) is 10.1. The minimum atomic E-state index is -0.138. The number of halogens is 1. The second kappa shape index (κ2) is 6.05. The van der Waals surface area contributed by atoms with Gasteiger partial charge >= 0.3 is 0 Å². The SMILES string of the molecule is O=C(Cl)CC1CCC(C2CCCCC2)CC1. The van der Waals surface area contributed by atoms with Crippen LogP contribution < -0.4 is 0 Å². The molecule has 2 rings (SSSR count). The van der Waals surface area contributed by atoms with E-state index in [-0.39, 0.29) is 5.24 Å². The van der Waals surface area contributed by atoms with Gasteiger partial charge in [-0.2, -0.15) is 0 Å². The fraction of sp³-hybridized carbons (Fsp3) is 0.929. The first kappa shape index (κ1) is 12.4. The first-order valence-corrected chi connectivity index (χ1v) is 7.32. The molecule has 0 aromatic carbocycles. The van der Waals surface area contributed by atoms with E-state index >= 15 is 0 Å². The molecule has 16 heavy (non-hydrogen) atoms. The standard InChI is InChI=1S/C14H23ClO/c15-14(16)10-11-6-8-13(9-7-11)12-4-2-1-3-5-12/h11-13H,1-10H2. The summed E-state index contributed by atoms with van der Waals surface area (Å²) < 4.78 is 0. The van der Waals surface area contributed by atoms with Crippen molar-refractivity contribution in [1.82, 2.24) is 0 Å². The third-order valence-electron chi connectivity index (χ3n) is 4.66. The Morgan fingerprint density at radius 2 is 1.44 bits per heavy atom. The fourth-order valence-corrected chi connectivity index (χ4v) is 3.91. The van der Waals surface area contributed by atoms with Crippen molar-refractivity contribution in [2.75, 3.05) is 0 Å². The highest BCUT2D eigenvalue weighted by Gasteiger charge is 2.28. The number of hydrogen-bond donors (Lipinski definition) is 0. The highest BCUT2D eigenvalue weighted by Crippen LogP contribution is 2.40. The van der Waals surface area contributed by atoms with E-state index in [2.05, 4.69) is 0 Å². The van der Waals surface area contributed by atoms with Gasteiger partial charge in [0.2, 0.25) is 5.24 Å². The van der Waals surface area contributed by atoms with E-state index in [9.17, 15) is 4.79 Å². The van der Waals surface area contributed by atoms with Gasteiger partial charge in [0.1, 0.15) is 0 Å². The van der Waals surface area contributed by atoms with Crippen LogP contribution in [0.3, 0.4) is 0 Å². The normalized spacial score (nSPS) is 32.6. The molecule has 0 saturated heterocycles. The maximum Gasteiger partial charge on any atom is 0.221 e. The molecule has 0 aromatic heterocycles. The molecule has 0 N–H and O–H groups in total. The van der Waals surface area contributed by atoms with Crippen LogP contribution in [-0.4, -0.2) is 5.24 Å². The molecule has 0 heterocycles. The molecule has 2 aliphatic carbocycles. The summed E-state index contributed by atoms with van der Waals surface area (Å²) in [6.45, 7) is 0. The van der Waals surface area contributed by atoms with Gasteiger partial charge in [0, 0.05) is 6.42 Å². The molecular weight excluding hydrogens is 220 g/mol. The van der Waals surface area contributed by atoms with Crippen LogP contribution >= 0.6 is 11.6 Å². The molecule has 0 radical (unpaired) electrons. The fourth-order valence-electron chi connectivity index (χ4n) is 3.70. The van der Waals surface area contributed by atoms with Gasteiger partial charge in [0.05, 0.1) is 0 Å². The lowest BCUT2D eigenvalue weighted by Gasteiger charge is -2.35. The number of hydrogen-bond acceptors (Lipinski definition) is 1. The maximum absolute atomic E-state index is 10.9. The van der Waals surface area contributed by atoms with Crippen molar-refractivity contribution in [3.8, 4) is 0 Å². The second-order valence-corrected chi connectivity index (χ2v) is 6.16. The van der Waals surface area contributed by atoms with Gasteiger partial charge in [0.15, 0.2) is 0 Å². The maximum atomic E-state index is 10.9. The molecule has 0 aromatic rings. The first-order valence-electron chi connectivity index (χ1n) is 6.94. The summed E-state index contributed by atoms with van der Waals surface area (Å²) in [7, 11) is 0. The molecule has 2 heteroatoms. The average molecular weight is 243 g/mol. The van der Waals surface area contributed by atoms with Crippen LogP contribution in [0.4, 0.5) is 0 Å². The minimum Gasteiger partial charge on any atom is -0.281 e. The van der Waals surface area contributed by atoms with E-state index < -0.39 is 0 Å². The Bertz CT molecular complexity index is 225.